The van der Waals surface area contributed by atoms with E-state index in [1.54, 1.807) is 30.3 Å². The number of esters is 1. The Bertz CT molecular complexity index is 1700. The molecule has 0 aromatic heterocycles. The molecule has 0 unspecified atom stereocenters. The number of ether oxygens (including phenoxy) is 6. The first-order valence-electron chi connectivity index (χ1n) is 13.4. The summed E-state index contributed by atoms with van der Waals surface area (Å²) in [5.41, 5.74) is 1.48. The molecule has 4 aromatic rings. The maximum absolute atomic E-state index is 14.3. The third kappa shape index (κ3) is 5.38. The van der Waals surface area contributed by atoms with Crippen LogP contribution in [0, 0.1) is 0 Å². The van der Waals surface area contributed by atoms with E-state index in [-0.39, 0.29) is 50.3 Å². The van der Waals surface area contributed by atoms with Crippen LogP contribution in [0.5, 0.6) is 34.5 Å². The Balaban J connectivity index is 2.24. The Morgan fingerprint density at radius 1 is 0.674 bits per heavy atom. The average molecular weight is 589 g/mol. The van der Waals surface area contributed by atoms with Crippen molar-refractivity contribution in [2.45, 2.75) is 26.2 Å². The number of benzene rings is 4. The first-order chi connectivity index (χ1) is 20.5. The van der Waals surface area contributed by atoms with Crippen LogP contribution >= 0.6 is 0 Å². The molecule has 4 aromatic carbocycles. The predicted molar refractivity (Wildman–Crippen MR) is 164 cm³/mol. The van der Waals surface area contributed by atoms with Crippen LogP contribution in [0.4, 0.5) is 0 Å². The summed E-state index contributed by atoms with van der Waals surface area (Å²) < 4.78 is 33.2. The van der Waals surface area contributed by atoms with Crippen molar-refractivity contribution in [3.05, 3.63) is 70.8 Å². The van der Waals surface area contributed by atoms with Gasteiger partial charge >= 0.3 is 5.97 Å². The van der Waals surface area contributed by atoms with E-state index in [0.29, 0.717) is 22.4 Å². The molecule has 0 amide bonds. The van der Waals surface area contributed by atoms with Gasteiger partial charge in [-0.1, -0.05) is 51.1 Å². The van der Waals surface area contributed by atoms with Crippen LogP contribution in [0.1, 0.15) is 52.6 Å². The number of hydrogen-bond acceptors (Lipinski definition) is 9. The van der Waals surface area contributed by atoms with Gasteiger partial charge in [0.25, 0.3) is 0 Å². The predicted octanol–water partition coefficient (Wildman–Crippen LogP) is 6.57. The normalized spacial score (nSPS) is 11.2. The second kappa shape index (κ2) is 12.1. The van der Waals surface area contributed by atoms with Crippen molar-refractivity contribution in [1.82, 2.24) is 0 Å². The number of rotatable bonds is 9. The van der Waals surface area contributed by atoms with E-state index in [1.165, 1.54) is 48.7 Å². The van der Waals surface area contributed by atoms with E-state index >= 15 is 0 Å². The number of hydrogen-bond donors (Lipinski definition) is 1. The van der Waals surface area contributed by atoms with Gasteiger partial charge in [-0.25, -0.2) is 4.79 Å². The van der Waals surface area contributed by atoms with Crippen LogP contribution in [0.15, 0.2) is 48.5 Å². The summed E-state index contributed by atoms with van der Waals surface area (Å²) in [6.45, 7) is 6.20. The molecule has 0 bridgehead atoms. The topological polar surface area (TPSA) is 110 Å². The van der Waals surface area contributed by atoms with Crippen molar-refractivity contribution in [2.24, 2.45) is 0 Å². The van der Waals surface area contributed by atoms with Crippen molar-refractivity contribution in [3.63, 3.8) is 0 Å². The molecular weight excluding hydrogens is 552 g/mol. The minimum atomic E-state index is -0.839. The van der Waals surface area contributed by atoms with Crippen molar-refractivity contribution < 1.29 is 43.1 Å². The number of aromatic hydroxyl groups is 1. The smallest absolute Gasteiger partial charge is 0.339 e. The standard InChI is InChI=1S/C34H36O9/c1-34(2,3)20-13-10-18(11-14-20)29(35)28-27(33(37)43-9)25(19-12-15-22(38-4)23(16-19)39-5)26-21(30(28)36)17-24(40-6)31(41-7)32(26)42-8/h10-17,36H,1-9H3. The zero-order chi connectivity index (χ0) is 31.6. The molecule has 0 saturated heterocycles. The lowest BCUT2D eigenvalue weighted by Gasteiger charge is -2.23. The van der Waals surface area contributed by atoms with Gasteiger partial charge in [-0.05, 0) is 34.7 Å². The SMILES string of the molecule is COC(=O)c1c(C(=O)c2ccc(C(C)(C)C)cc2)c(O)c2cc(OC)c(OC)c(OC)c2c1-c1ccc(OC)c(OC)c1. The highest BCUT2D eigenvalue weighted by molar-refractivity contribution is 6.24. The van der Waals surface area contributed by atoms with Gasteiger partial charge in [0.15, 0.2) is 28.8 Å². The quantitative estimate of drug-likeness (QED) is 0.171. The molecule has 9 nitrogen and oxygen atoms in total. The highest BCUT2D eigenvalue weighted by Crippen LogP contribution is 2.53. The largest absolute Gasteiger partial charge is 0.506 e. The van der Waals surface area contributed by atoms with Gasteiger partial charge in [0.1, 0.15) is 5.75 Å². The van der Waals surface area contributed by atoms with Crippen LogP contribution in [-0.4, -0.2) is 59.5 Å². The molecule has 4 rings (SSSR count). The van der Waals surface area contributed by atoms with Gasteiger partial charge in [0.2, 0.25) is 5.75 Å². The highest BCUT2D eigenvalue weighted by atomic mass is 16.5. The zero-order valence-electron chi connectivity index (χ0n) is 25.8. The van der Waals surface area contributed by atoms with Crippen LogP contribution in [0.3, 0.4) is 0 Å². The number of ketones is 1. The zero-order valence-corrected chi connectivity index (χ0v) is 25.8. The van der Waals surface area contributed by atoms with Crippen molar-refractivity contribution >= 4 is 22.5 Å². The minimum Gasteiger partial charge on any atom is -0.506 e. The number of carbonyl (C=O) groups excluding carboxylic acids is 2. The lowest BCUT2D eigenvalue weighted by atomic mass is 9.83. The Morgan fingerprint density at radius 2 is 1.28 bits per heavy atom. The second-order valence-corrected chi connectivity index (χ2v) is 10.8. The van der Waals surface area contributed by atoms with Gasteiger partial charge in [-0.15, -0.1) is 0 Å². The summed E-state index contributed by atoms with van der Waals surface area (Å²) in [7, 11) is 8.53. The Labute approximate surface area is 250 Å². The maximum Gasteiger partial charge on any atom is 0.339 e. The molecule has 0 aliphatic heterocycles. The fraction of sp³-hybridized carbons (Fsp3) is 0.294. The second-order valence-electron chi connectivity index (χ2n) is 10.8. The Morgan fingerprint density at radius 3 is 1.79 bits per heavy atom. The van der Waals surface area contributed by atoms with Crippen molar-refractivity contribution in [2.75, 3.05) is 42.7 Å². The minimum absolute atomic E-state index is 0.142. The molecule has 1 N–H and O–H groups in total. The summed E-state index contributed by atoms with van der Waals surface area (Å²) in [5.74, 6) is -0.369. The number of carbonyl (C=O) groups is 2. The highest BCUT2D eigenvalue weighted by Gasteiger charge is 2.34. The van der Waals surface area contributed by atoms with Gasteiger partial charge in [-0.3, -0.25) is 4.79 Å². The number of phenols is 1. The molecule has 0 saturated carbocycles. The third-order valence-corrected chi connectivity index (χ3v) is 7.37. The van der Waals surface area contributed by atoms with E-state index < -0.39 is 17.5 Å². The number of methoxy groups -OCH3 is 6. The van der Waals surface area contributed by atoms with Gasteiger partial charge < -0.3 is 33.5 Å². The molecule has 9 heteroatoms. The monoisotopic (exact) mass is 588 g/mol. The van der Waals surface area contributed by atoms with Gasteiger partial charge in [-0.2, -0.15) is 0 Å². The molecule has 226 valence electrons. The van der Waals surface area contributed by atoms with E-state index in [4.69, 9.17) is 28.4 Å². The van der Waals surface area contributed by atoms with Crippen molar-refractivity contribution in [3.8, 4) is 45.6 Å². The molecule has 43 heavy (non-hydrogen) atoms. The molecular formula is C34H36O9. The van der Waals surface area contributed by atoms with Crippen LogP contribution in [0.2, 0.25) is 0 Å². The summed E-state index contributed by atoms with van der Waals surface area (Å²) in [6.07, 6.45) is 0. The third-order valence-electron chi connectivity index (χ3n) is 7.37. The molecule has 0 aliphatic carbocycles. The Kier molecular flexibility index (Phi) is 8.75. The van der Waals surface area contributed by atoms with E-state index in [2.05, 4.69) is 20.8 Å². The molecule has 0 spiro atoms. The van der Waals surface area contributed by atoms with Crippen LogP contribution in [0.25, 0.3) is 21.9 Å². The summed E-state index contributed by atoms with van der Waals surface area (Å²) in [5, 5.41) is 12.3. The average Bonchev–Trinajstić information content (AvgIpc) is 3.02. The molecule has 0 radical (unpaired) electrons. The molecule has 0 aliphatic rings. The molecule has 0 heterocycles. The van der Waals surface area contributed by atoms with E-state index in [1.807, 2.05) is 12.1 Å². The lowest BCUT2D eigenvalue weighted by Crippen LogP contribution is -2.15. The van der Waals surface area contributed by atoms with Crippen LogP contribution < -0.4 is 23.7 Å². The van der Waals surface area contributed by atoms with E-state index in [9.17, 15) is 14.7 Å². The lowest BCUT2D eigenvalue weighted by molar-refractivity contribution is 0.0598. The fourth-order valence-electron chi connectivity index (χ4n) is 5.17. The maximum atomic E-state index is 14.3. The summed E-state index contributed by atoms with van der Waals surface area (Å²) >= 11 is 0. The Hall–Kier alpha value is -4.92. The number of fused-ring (bicyclic) bond motifs is 1. The first kappa shape index (κ1) is 31.0. The number of phenolic OH excluding ortho intramolecular Hbond substituents is 1. The first-order valence-corrected chi connectivity index (χ1v) is 13.4. The van der Waals surface area contributed by atoms with Gasteiger partial charge in [0, 0.05) is 21.9 Å². The fourth-order valence-corrected chi connectivity index (χ4v) is 5.17. The molecule has 0 atom stereocenters. The van der Waals surface area contributed by atoms with Gasteiger partial charge in [0.05, 0.1) is 53.8 Å². The summed E-state index contributed by atoms with van der Waals surface area (Å²) in [6, 6.07) is 13.7. The van der Waals surface area contributed by atoms with Crippen molar-refractivity contribution in [1.29, 1.82) is 0 Å². The van der Waals surface area contributed by atoms with E-state index in [0.717, 1.165) is 5.56 Å². The molecule has 0 fully saturated rings. The van der Waals surface area contributed by atoms with Crippen LogP contribution in [-0.2, 0) is 10.2 Å². The summed E-state index contributed by atoms with van der Waals surface area (Å²) in [4.78, 5) is 27.9.